The molecule has 162 valence electrons. The Morgan fingerprint density at radius 1 is 1.03 bits per heavy atom. The molecule has 9 heteroatoms. The average Bonchev–Trinajstić information content (AvgIpc) is 3.29. The summed E-state index contributed by atoms with van der Waals surface area (Å²) in [6, 6.07) is 10.2. The normalized spacial score (nSPS) is 24.9. The van der Waals surface area contributed by atoms with Crippen molar-refractivity contribution in [3.8, 4) is 0 Å². The molecule has 1 heterocycles. The van der Waals surface area contributed by atoms with E-state index in [4.69, 9.17) is 0 Å². The van der Waals surface area contributed by atoms with Gasteiger partial charge in [0.05, 0.1) is 10.5 Å². The molecule has 0 bridgehead atoms. The van der Waals surface area contributed by atoms with E-state index in [1.54, 1.807) is 12.1 Å². The molecular formula is C21H22F4N2O2S. The van der Waals surface area contributed by atoms with Crippen molar-refractivity contribution < 1.29 is 26.0 Å². The second-order valence-electron chi connectivity index (χ2n) is 7.96. The molecule has 1 aliphatic heterocycles. The lowest BCUT2D eigenvalue weighted by molar-refractivity contribution is -0.137. The number of benzene rings is 2. The highest BCUT2D eigenvalue weighted by Gasteiger charge is 2.46. The minimum Gasteiger partial charge on any atom is -0.310 e. The van der Waals surface area contributed by atoms with E-state index in [1.165, 1.54) is 22.5 Å². The predicted molar refractivity (Wildman–Crippen MR) is 103 cm³/mol. The lowest BCUT2D eigenvalue weighted by atomic mass is 9.97. The third-order valence-electron chi connectivity index (χ3n) is 6.10. The number of alkyl halides is 3. The minimum atomic E-state index is -4.59. The zero-order chi connectivity index (χ0) is 21.5. The molecule has 0 radical (unpaired) electrons. The molecular weight excluding hydrogens is 420 g/mol. The highest BCUT2D eigenvalue weighted by molar-refractivity contribution is 7.89. The van der Waals surface area contributed by atoms with Gasteiger partial charge in [0, 0.05) is 25.7 Å². The molecule has 1 saturated heterocycles. The van der Waals surface area contributed by atoms with Crippen LogP contribution in [-0.2, 0) is 22.7 Å². The molecule has 2 fully saturated rings. The van der Waals surface area contributed by atoms with Crippen molar-refractivity contribution in [3.63, 3.8) is 0 Å². The first-order valence-electron chi connectivity index (χ1n) is 9.80. The SMILES string of the molecule is O=S(=O)(c1cccc(C(F)(F)F)c1)N1CC2C(NCc3ccc(F)cc3)CC[C@H]2C1. The Bertz CT molecular complexity index is 1010. The molecule has 1 aliphatic carbocycles. The van der Waals surface area contributed by atoms with E-state index in [0.29, 0.717) is 19.2 Å². The minimum absolute atomic E-state index is 0.103. The molecule has 0 spiro atoms. The third-order valence-corrected chi connectivity index (χ3v) is 7.93. The maximum absolute atomic E-state index is 13.0. The zero-order valence-electron chi connectivity index (χ0n) is 16.1. The smallest absolute Gasteiger partial charge is 0.310 e. The third kappa shape index (κ3) is 4.24. The van der Waals surface area contributed by atoms with Gasteiger partial charge in [-0.15, -0.1) is 0 Å². The summed E-state index contributed by atoms with van der Waals surface area (Å²) < 4.78 is 79.2. The summed E-state index contributed by atoms with van der Waals surface area (Å²) in [5.74, 6) is -0.0202. The van der Waals surface area contributed by atoms with Gasteiger partial charge in [0.25, 0.3) is 0 Å². The summed E-state index contributed by atoms with van der Waals surface area (Å²) in [7, 11) is -3.99. The van der Waals surface area contributed by atoms with Gasteiger partial charge >= 0.3 is 6.18 Å². The lowest BCUT2D eigenvalue weighted by Crippen LogP contribution is -2.36. The van der Waals surface area contributed by atoms with Crippen molar-refractivity contribution in [1.29, 1.82) is 0 Å². The topological polar surface area (TPSA) is 49.4 Å². The Morgan fingerprint density at radius 2 is 1.77 bits per heavy atom. The zero-order valence-corrected chi connectivity index (χ0v) is 16.9. The van der Waals surface area contributed by atoms with Crippen molar-refractivity contribution in [2.45, 2.75) is 36.5 Å². The Balaban J connectivity index is 1.45. The second-order valence-corrected chi connectivity index (χ2v) is 9.90. The molecule has 2 unspecified atom stereocenters. The molecule has 4 nitrogen and oxygen atoms in total. The number of fused-ring (bicyclic) bond motifs is 1. The standard InChI is InChI=1S/C21H22F4N2O2S/c22-17-7-4-14(5-8-17)11-26-20-9-6-15-12-27(13-19(15)20)30(28,29)18-3-1-2-16(10-18)21(23,24)25/h1-5,7-8,10,15,19-20,26H,6,9,11-13H2/t15-,19?,20?/m0/s1. The van der Waals surface area contributed by atoms with Crippen LogP contribution in [0, 0.1) is 17.7 Å². The van der Waals surface area contributed by atoms with E-state index in [1.807, 2.05) is 0 Å². The van der Waals surface area contributed by atoms with Crippen LogP contribution in [0.3, 0.4) is 0 Å². The van der Waals surface area contributed by atoms with Gasteiger partial charge in [-0.25, -0.2) is 12.8 Å². The second kappa shape index (κ2) is 7.94. The van der Waals surface area contributed by atoms with Crippen LogP contribution in [0.1, 0.15) is 24.0 Å². The fourth-order valence-electron chi connectivity index (χ4n) is 4.51. The van der Waals surface area contributed by atoms with Crippen LogP contribution in [-0.4, -0.2) is 31.9 Å². The van der Waals surface area contributed by atoms with Gasteiger partial charge in [0.15, 0.2) is 0 Å². The predicted octanol–water partition coefficient (Wildman–Crippen LogP) is 4.03. The largest absolute Gasteiger partial charge is 0.416 e. The summed E-state index contributed by atoms with van der Waals surface area (Å²) in [4.78, 5) is -0.326. The number of hydrogen-bond acceptors (Lipinski definition) is 3. The Hall–Kier alpha value is -1.97. The van der Waals surface area contributed by atoms with Crippen molar-refractivity contribution in [2.75, 3.05) is 13.1 Å². The van der Waals surface area contributed by atoms with Crippen molar-refractivity contribution >= 4 is 10.0 Å². The van der Waals surface area contributed by atoms with Crippen LogP contribution in [0.25, 0.3) is 0 Å². The monoisotopic (exact) mass is 442 g/mol. The van der Waals surface area contributed by atoms with Crippen LogP contribution in [0.4, 0.5) is 17.6 Å². The molecule has 4 rings (SSSR count). The van der Waals surface area contributed by atoms with E-state index < -0.39 is 21.8 Å². The molecule has 2 aromatic rings. The van der Waals surface area contributed by atoms with Crippen LogP contribution >= 0.6 is 0 Å². The number of nitrogens with zero attached hydrogens (tertiary/aromatic N) is 1. The van der Waals surface area contributed by atoms with Crippen molar-refractivity contribution in [2.24, 2.45) is 11.8 Å². The number of sulfonamides is 1. The number of halogens is 4. The molecule has 0 amide bonds. The summed E-state index contributed by atoms with van der Waals surface area (Å²) in [5.41, 5.74) is -0.0342. The molecule has 2 aliphatic rings. The molecule has 30 heavy (non-hydrogen) atoms. The van der Waals surface area contributed by atoms with Gasteiger partial charge in [-0.3, -0.25) is 0 Å². The van der Waals surface area contributed by atoms with E-state index in [0.717, 1.165) is 30.5 Å². The Morgan fingerprint density at radius 3 is 2.47 bits per heavy atom. The van der Waals surface area contributed by atoms with E-state index in [2.05, 4.69) is 5.32 Å². The fraction of sp³-hybridized carbons (Fsp3) is 0.429. The van der Waals surface area contributed by atoms with Gasteiger partial charge in [0.2, 0.25) is 10.0 Å². The summed E-state index contributed by atoms with van der Waals surface area (Å²) >= 11 is 0. The number of rotatable bonds is 5. The lowest BCUT2D eigenvalue weighted by Gasteiger charge is -2.22. The summed E-state index contributed by atoms with van der Waals surface area (Å²) in [6.07, 6.45) is -2.82. The average molecular weight is 442 g/mol. The first-order valence-corrected chi connectivity index (χ1v) is 11.2. The quantitative estimate of drug-likeness (QED) is 0.712. The molecule has 1 N–H and O–H groups in total. The van der Waals surface area contributed by atoms with Crippen molar-refractivity contribution in [1.82, 2.24) is 9.62 Å². The van der Waals surface area contributed by atoms with Crippen molar-refractivity contribution in [3.05, 3.63) is 65.5 Å². The Kier molecular flexibility index (Phi) is 5.63. The Labute approximate surface area is 172 Å². The highest BCUT2D eigenvalue weighted by Crippen LogP contribution is 2.40. The molecule has 0 aromatic heterocycles. The number of hydrogen-bond donors (Lipinski definition) is 1. The van der Waals surface area contributed by atoms with Crippen LogP contribution in [0.15, 0.2) is 53.4 Å². The first kappa shape index (κ1) is 21.3. The first-order chi connectivity index (χ1) is 14.1. The summed E-state index contributed by atoms with van der Waals surface area (Å²) in [6.45, 7) is 1.15. The van der Waals surface area contributed by atoms with E-state index in [-0.39, 0.29) is 35.1 Å². The van der Waals surface area contributed by atoms with Gasteiger partial charge in [0.1, 0.15) is 5.82 Å². The van der Waals surface area contributed by atoms with E-state index >= 15 is 0 Å². The highest BCUT2D eigenvalue weighted by atomic mass is 32.2. The molecule has 2 aromatic carbocycles. The van der Waals surface area contributed by atoms with E-state index in [9.17, 15) is 26.0 Å². The number of nitrogens with one attached hydrogen (secondary N) is 1. The van der Waals surface area contributed by atoms with Crippen LogP contribution in [0.2, 0.25) is 0 Å². The van der Waals surface area contributed by atoms with Gasteiger partial charge in [-0.2, -0.15) is 17.5 Å². The molecule has 3 atom stereocenters. The summed E-state index contributed by atoms with van der Waals surface area (Å²) in [5, 5.41) is 3.44. The molecule has 1 saturated carbocycles. The van der Waals surface area contributed by atoms with Gasteiger partial charge < -0.3 is 5.32 Å². The maximum atomic E-state index is 13.0. The maximum Gasteiger partial charge on any atom is 0.416 e. The van der Waals surface area contributed by atoms with Gasteiger partial charge in [-0.05, 0) is 60.6 Å². The van der Waals surface area contributed by atoms with Crippen LogP contribution < -0.4 is 5.32 Å². The van der Waals surface area contributed by atoms with Gasteiger partial charge in [-0.1, -0.05) is 18.2 Å². The van der Waals surface area contributed by atoms with Crippen LogP contribution in [0.5, 0.6) is 0 Å². The fourth-order valence-corrected chi connectivity index (χ4v) is 6.09.